The number of benzene rings is 1. The second kappa shape index (κ2) is 4.84. The zero-order valence-electron chi connectivity index (χ0n) is 10.6. The lowest BCUT2D eigenvalue weighted by Gasteiger charge is -1.99. The summed E-state index contributed by atoms with van der Waals surface area (Å²) in [6.45, 7) is 1.66. The zero-order chi connectivity index (χ0) is 14.3. The van der Waals surface area contributed by atoms with Crippen molar-refractivity contribution in [2.24, 2.45) is 0 Å². The van der Waals surface area contributed by atoms with E-state index in [2.05, 4.69) is 4.98 Å². The molecule has 2 aromatic heterocycles. The van der Waals surface area contributed by atoms with E-state index in [0.717, 1.165) is 0 Å². The average molecular weight is 294 g/mol. The van der Waals surface area contributed by atoms with Crippen LogP contribution in [-0.2, 0) is 11.3 Å². The maximum atomic E-state index is 13.6. The van der Waals surface area contributed by atoms with Gasteiger partial charge in [0.25, 0.3) is 0 Å². The van der Waals surface area contributed by atoms with Crippen LogP contribution in [0.15, 0.2) is 18.3 Å². The van der Waals surface area contributed by atoms with Crippen molar-refractivity contribution < 1.29 is 19.0 Å². The van der Waals surface area contributed by atoms with Gasteiger partial charge in [0.05, 0.1) is 24.2 Å². The molecule has 1 N–H and O–H groups in total. The van der Waals surface area contributed by atoms with Crippen LogP contribution in [-0.4, -0.2) is 27.1 Å². The van der Waals surface area contributed by atoms with E-state index in [1.54, 1.807) is 17.5 Å². The van der Waals surface area contributed by atoms with Crippen molar-refractivity contribution in [1.29, 1.82) is 0 Å². The molecular weight excluding hydrogens is 283 g/mol. The minimum atomic E-state index is -0.489. The third-order valence-electron chi connectivity index (χ3n) is 2.92. The van der Waals surface area contributed by atoms with E-state index in [9.17, 15) is 9.18 Å². The third-order valence-corrected chi connectivity index (χ3v) is 3.88. The summed E-state index contributed by atoms with van der Waals surface area (Å²) in [7, 11) is 0. The SMILES string of the molecule is CCOC(=O)c1cn2c(nc3cc(F)c(CO)cc32)s1. The van der Waals surface area contributed by atoms with Crippen LogP contribution in [0.2, 0.25) is 0 Å². The Morgan fingerprint density at radius 3 is 3.05 bits per heavy atom. The fraction of sp³-hybridized carbons (Fsp3) is 0.231. The van der Waals surface area contributed by atoms with Crippen LogP contribution >= 0.6 is 11.3 Å². The Bertz CT molecular complexity index is 809. The first-order valence-corrected chi connectivity index (χ1v) is 6.83. The van der Waals surface area contributed by atoms with Crippen LogP contribution in [0, 0.1) is 5.82 Å². The van der Waals surface area contributed by atoms with Crippen LogP contribution in [0.3, 0.4) is 0 Å². The number of rotatable bonds is 3. The van der Waals surface area contributed by atoms with Crippen molar-refractivity contribution in [3.8, 4) is 0 Å². The van der Waals surface area contributed by atoms with Crippen LogP contribution in [0.5, 0.6) is 0 Å². The lowest BCUT2D eigenvalue weighted by molar-refractivity contribution is 0.0531. The van der Waals surface area contributed by atoms with E-state index in [4.69, 9.17) is 9.84 Å². The van der Waals surface area contributed by atoms with Crippen molar-refractivity contribution in [2.45, 2.75) is 13.5 Å². The van der Waals surface area contributed by atoms with Crippen LogP contribution in [0.4, 0.5) is 4.39 Å². The van der Waals surface area contributed by atoms with Gasteiger partial charge in [0.1, 0.15) is 10.7 Å². The lowest BCUT2D eigenvalue weighted by Crippen LogP contribution is -2.01. The molecule has 3 aromatic rings. The number of carbonyl (C=O) groups is 1. The normalized spacial score (nSPS) is 11.3. The molecule has 0 fully saturated rings. The molecule has 0 aliphatic carbocycles. The first-order valence-electron chi connectivity index (χ1n) is 6.02. The van der Waals surface area contributed by atoms with Gasteiger partial charge in [-0.25, -0.2) is 14.2 Å². The number of halogens is 1. The number of thiazole rings is 1. The molecule has 0 saturated carbocycles. The minimum Gasteiger partial charge on any atom is -0.462 e. The van der Waals surface area contributed by atoms with Crippen molar-refractivity contribution in [2.75, 3.05) is 6.61 Å². The van der Waals surface area contributed by atoms with E-state index >= 15 is 0 Å². The first kappa shape index (κ1) is 13.0. The number of aliphatic hydroxyl groups is 1. The highest BCUT2D eigenvalue weighted by Gasteiger charge is 2.16. The maximum Gasteiger partial charge on any atom is 0.349 e. The molecule has 20 heavy (non-hydrogen) atoms. The number of hydrogen-bond acceptors (Lipinski definition) is 5. The standard InChI is InChI=1S/C13H11FN2O3S/c1-2-19-12(18)11-5-16-10-3-7(6-17)8(14)4-9(10)15-13(16)20-11/h3-5,17H,2,6H2,1H3. The van der Waals surface area contributed by atoms with Gasteiger partial charge < -0.3 is 9.84 Å². The number of carbonyl (C=O) groups excluding carboxylic acids is 1. The molecule has 0 radical (unpaired) electrons. The van der Waals surface area contributed by atoms with Crippen LogP contribution < -0.4 is 0 Å². The number of nitrogens with zero attached hydrogens (tertiary/aromatic N) is 2. The molecule has 5 nitrogen and oxygen atoms in total. The van der Waals surface area contributed by atoms with Crippen molar-refractivity contribution in [3.05, 3.63) is 34.6 Å². The topological polar surface area (TPSA) is 63.8 Å². The van der Waals surface area contributed by atoms with E-state index in [0.29, 0.717) is 27.5 Å². The van der Waals surface area contributed by atoms with E-state index in [-0.39, 0.29) is 12.2 Å². The zero-order valence-corrected chi connectivity index (χ0v) is 11.4. The Morgan fingerprint density at radius 1 is 1.55 bits per heavy atom. The van der Waals surface area contributed by atoms with Crippen molar-refractivity contribution in [3.63, 3.8) is 0 Å². The predicted molar refractivity (Wildman–Crippen MR) is 72.4 cm³/mol. The van der Waals surface area contributed by atoms with Crippen LogP contribution in [0.25, 0.3) is 16.0 Å². The molecule has 0 bridgehead atoms. The number of imidazole rings is 1. The summed E-state index contributed by atoms with van der Waals surface area (Å²) >= 11 is 1.18. The van der Waals surface area contributed by atoms with Gasteiger partial charge >= 0.3 is 5.97 Å². The monoisotopic (exact) mass is 294 g/mol. The van der Waals surface area contributed by atoms with Gasteiger partial charge in [0.15, 0.2) is 4.96 Å². The molecule has 3 rings (SSSR count). The van der Waals surface area contributed by atoms with Gasteiger partial charge in [-0.05, 0) is 13.0 Å². The highest BCUT2D eigenvalue weighted by Crippen LogP contribution is 2.26. The highest BCUT2D eigenvalue weighted by atomic mass is 32.1. The van der Waals surface area contributed by atoms with Gasteiger partial charge in [-0.15, -0.1) is 0 Å². The number of aliphatic hydroxyl groups excluding tert-OH is 1. The Labute approximate surface area is 117 Å². The minimum absolute atomic E-state index is 0.197. The summed E-state index contributed by atoms with van der Waals surface area (Å²) in [6.07, 6.45) is 1.62. The summed E-state index contributed by atoms with van der Waals surface area (Å²) in [5.41, 5.74) is 1.33. The summed E-state index contributed by atoms with van der Waals surface area (Å²) in [4.78, 5) is 17.0. The second-order valence-electron chi connectivity index (χ2n) is 4.17. The van der Waals surface area contributed by atoms with Gasteiger partial charge in [-0.1, -0.05) is 11.3 Å². The Hall–Kier alpha value is -1.99. The van der Waals surface area contributed by atoms with Crippen molar-refractivity contribution >= 4 is 33.3 Å². The summed E-state index contributed by atoms with van der Waals surface area (Å²) in [5.74, 6) is -0.892. The van der Waals surface area contributed by atoms with Crippen molar-refractivity contribution in [1.82, 2.24) is 9.38 Å². The molecular formula is C13H11FN2O3S. The second-order valence-corrected chi connectivity index (χ2v) is 5.18. The molecule has 0 spiro atoms. The molecule has 1 aromatic carbocycles. The van der Waals surface area contributed by atoms with Gasteiger partial charge in [-0.3, -0.25) is 4.40 Å². The van der Waals surface area contributed by atoms with Gasteiger partial charge in [0, 0.05) is 17.8 Å². The Morgan fingerprint density at radius 2 is 2.35 bits per heavy atom. The molecule has 0 unspecified atom stereocenters. The molecule has 0 amide bonds. The number of aromatic nitrogens is 2. The summed E-state index contributed by atoms with van der Waals surface area (Å²) in [6, 6.07) is 2.82. The smallest absolute Gasteiger partial charge is 0.349 e. The molecule has 0 aliphatic heterocycles. The molecule has 104 valence electrons. The van der Waals surface area contributed by atoms with Gasteiger partial charge in [-0.2, -0.15) is 0 Å². The highest BCUT2D eigenvalue weighted by molar-refractivity contribution is 7.18. The molecule has 0 aliphatic rings. The van der Waals surface area contributed by atoms with E-state index < -0.39 is 11.8 Å². The predicted octanol–water partition coefficient (Wildman–Crippen LogP) is 2.36. The van der Waals surface area contributed by atoms with E-state index in [1.807, 2.05) is 0 Å². The Balaban J connectivity index is 2.18. The number of fused-ring (bicyclic) bond motifs is 3. The third kappa shape index (κ3) is 1.95. The quantitative estimate of drug-likeness (QED) is 0.753. The van der Waals surface area contributed by atoms with E-state index in [1.165, 1.54) is 23.5 Å². The Kier molecular flexibility index (Phi) is 3.15. The fourth-order valence-corrected chi connectivity index (χ4v) is 2.88. The average Bonchev–Trinajstić information content (AvgIpc) is 2.95. The summed E-state index contributed by atoms with van der Waals surface area (Å²) < 4.78 is 20.2. The fourth-order valence-electron chi connectivity index (χ4n) is 1.99. The number of ether oxygens (including phenoxy) is 1. The molecule has 2 heterocycles. The molecule has 0 saturated heterocycles. The molecule has 0 atom stereocenters. The molecule has 7 heteroatoms. The number of hydrogen-bond donors (Lipinski definition) is 1. The maximum absolute atomic E-state index is 13.6. The van der Waals surface area contributed by atoms with Crippen LogP contribution in [0.1, 0.15) is 22.2 Å². The number of esters is 1. The largest absolute Gasteiger partial charge is 0.462 e. The summed E-state index contributed by atoms with van der Waals surface area (Å²) in [5, 5.41) is 9.11. The van der Waals surface area contributed by atoms with Gasteiger partial charge in [0.2, 0.25) is 0 Å². The first-order chi connectivity index (χ1) is 9.63. The lowest BCUT2D eigenvalue weighted by atomic mass is 10.2.